The maximum atomic E-state index is 13.0. The molecule has 0 radical (unpaired) electrons. The van der Waals surface area contributed by atoms with Gasteiger partial charge in [-0.1, -0.05) is 28.1 Å². The summed E-state index contributed by atoms with van der Waals surface area (Å²) >= 11 is 3.45. The lowest BCUT2D eigenvalue weighted by molar-refractivity contribution is 0.0980. The third-order valence-corrected chi connectivity index (χ3v) is 5.01. The first-order valence-electron chi connectivity index (χ1n) is 8.52. The van der Waals surface area contributed by atoms with Gasteiger partial charge >= 0.3 is 0 Å². The molecule has 0 aliphatic carbocycles. The second-order valence-corrected chi connectivity index (χ2v) is 7.46. The van der Waals surface area contributed by atoms with E-state index in [0.717, 1.165) is 22.0 Å². The zero-order chi connectivity index (χ0) is 18.3. The number of rotatable bonds is 3. The van der Waals surface area contributed by atoms with Crippen molar-refractivity contribution in [1.82, 2.24) is 19.7 Å². The van der Waals surface area contributed by atoms with Gasteiger partial charge in [0.2, 0.25) is 0 Å². The molecule has 0 N–H and O–H groups in total. The first-order valence-corrected chi connectivity index (χ1v) is 9.31. The number of pyridine rings is 1. The largest absolute Gasteiger partial charge is 0.310 e. The SMILES string of the molecule is CC(C)n1cnnc1-c1cccc(N2CCc3ccc(Br)cc3C2=O)n1. The van der Waals surface area contributed by atoms with Gasteiger partial charge in [0.15, 0.2) is 5.82 Å². The van der Waals surface area contributed by atoms with Crippen LogP contribution in [0.2, 0.25) is 0 Å². The maximum Gasteiger partial charge on any atom is 0.259 e. The highest BCUT2D eigenvalue weighted by atomic mass is 79.9. The van der Waals surface area contributed by atoms with Gasteiger partial charge in [-0.15, -0.1) is 10.2 Å². The summed E-state index contributed by atoms with van der Waals surface area (Å²) in [4.78, 5) is 19.4. The van der Waals surface area contributed by atoms with Crippen LogP contribution in [0.5, 0.6) is 0 Å². The summed E-state index contributed by atoms with van der Waals surface area (Å²) in [5, 5.41) is 8.20. The van der Waals surface area contributed by atoms with Crippen LogP contribution in [0.25, 0.3) is 11.5 Å². The van der Waals surface area contributed by atoms with E-state index in [-0.39, 0.29) is 11.9 Å². The molecular formula is C19H18BrN5O. The van der Waals surface area contributed by atoms with Gasteiger partial charge in [-0.25, -0.2) is 4.98 Å². The number of halogens is 1. The Balaban J connectivity index is 1.71. The van der Waals surface area contributed by atoms with Crippen molar-refractivity contribution in [3.05, 3.63) is 58.3 Å². The topological polar surface area (TPSA) is 63.9 Å². The summed E-state index contributed by atoms with van der Waals surface area (Å²) < 4.78 is 2.87. The van der Waals surface area contributed by atoms with Crippen LogP contribution in [0.3, 0.4) is 0 Å². The highest BCUT2D eigenvalue weighted by Crippen LogP contribution is 2.27. The molecule has 1 aliphatic heterocycles. The number of carbonyl (C=O) groups excluding carboxylic acids is 1. The molecule has 0 unspecified atom stereocenters. The molecule has 1 amide bonds. The summed E-state index contributed by atoms with van der Waals surface area (Å²) in [6, 6.07) is 11.7. The fourth-order valence-electron chi connectivity index (χ4n) is 3.17. The van der Waals surface area contributed by atoms with Crippen LogP contribution in [-0.4, -0.2) is 32.2 Å². The van der Waals surface area contributed by atoms with E-state index in [1.165, 1.54) is 0 Å². The summed E-state index contributed by atoms with van der Waals surface area (Å²) in [7, 11) is 0. The van der Waals surface area contributed by atoms with Crippen molar-refractivity contribution in [3.63, 3.8) is 0 Å². The zero-order valence-corrected chi connectivity index (χ0v) is 16.1. The number of amides is 1. The Morgan fingerprint density at radius 1 is 1.19 bits per heavy atom. The van der Waals surface area contributed by atoms with Crippen molar-refractivity contribution in [2.24, 2.45) is 0 Å². The smallest absolute Gasteiger partial charge is 0.259 e. The van der Waals surface area contributed by atoms with Crippen LogP contribution in [0.15, 0.2) is 47.2 Å². The Bertz CT molecular complexity index is 982. The second kappa shape index (κ2) is 6.64. The van der Waals surface area contributed by atoms with Gasteiger partial charge in [-0.2, -0.15) is 0 Å². The summed E-state index contributed by atoms with van der Waals surface area (Å²) in [5.74, 6) is 1.31. The highest BCUT2D eigenvalue weighted by molar-refractivity contribution is 9.10. The lowest BCUT2D eigenvalue weighted by Gasteiger charge is -2.28. The Labute approximate surface area is 160 Å². The van der Waals surface area contributed by atoms with Crippen molar-refractivity contribution in [2.75, 3.05) is 11.4 Å². The first kappa shape index (κ1) is 16.9. The molecule has 3 aromatic rings. The lowest BCUT2D eigenvalue weighted by Crippen LogP contribution is -2.38. The quantitative estimate of drug-likeness (QED) is 0.655. The Morgan fingerprint density at radius 2 is 2.04 bits per heavy atom. The molecule has 7 heteroatoms. The summed E-state index contributed by atoms with van der Waals surface area (Å²) in [5.41, 5.74) is 2.51. The standard InChI is InChI=1S/C19H18BrN5O/c1-12(2)25-11-21-23-18(25)16-4-3-5-17(22-16)24-9-8-13-6-7-14(20)10-15(13)19(24)26/h3-7,10-12H,8-9H2,1-2H3. The molecule has 0 atom stereocenters. The van der Waals surface area contributed by atoms with Gasteiger partial charge in [-0.05, 0) is 50.1 Å². The van der Waals surface area contributed by atoms with E-state index in [2.05, 4.69) is 40.0 Å². The first-order chi connectivity index (χ1) is 12.5. The van der Waals surface area contributed by atoms with Crippen LogP contribution in [0.1, 0.15) is 35.8 Å². The van der Waals surface area contributed by atoms with Gasteiger partial charge in [0.25, 0.3) is 5.91 Å². The number of benzene rings is 1. The van der Waals surface area contributed by atoms with Crippen molar-refractivity contribution in [2.45, 2.75) is 26.3 Å². The van der Waals surface area contributed by atoms with Gasteiger partial charge in [0.05, 0.1) is 0 Å². The lowest BCUT2D eigenvalue weighted by atomic mass is 9.99. The highest BCUT2D eigenvalue weighted by Gasteiger charge is 2.27. The molecule has 0 saturated heterocycles. The van der Waals surface area contributed by atoms with Crippen LogP contribution < -0.4 is 4.90 Å². The van der Waals surface area contributed by atoms with Crippen LogP contribution >= 0.6 is 15.9 Å². The molecule has 1 aromatic carbocycles. The fraction of sp³-hybridized carbons (Fsp3) is 0.263. The predicted octanol–water partition coefficient (Wildman–Crippen LogP) is 3.89. The molecule has 3 heterocycles. The average molecular weight is 412 g/mol. The van der Waals surface area contributed by atoms with E-state index in [4.69, 9.17) is 4.98 Å². The van der Waals surface area contributed by atoms with E-state index >= 15 is 0 Å². The molecule has 132 valence electrons. The second-order valence-electron chi connectivity index (χ2n) is 6.54. The number of fused-ring (bicyclic) bond motifs is 1. The van der Waals surface area contributed by atoms with Gasteiger partial charge in [-0.3, -0.25) is 9.69 Å². The normalized spacial score (nSPS) is 14.0. The van der Waals surface area contributed by atoms with Crippen LogP contribution in [-0.2, 0) is 6.42 Å². The number of nitrogens with zero attached hydrogens (tertiary/aromatic N) is 5. The average Bonchev–Trinajstić information content (AvgIpc) is 3.13. The Morgan fingerprint density at radius 3 is 2.85 bits per heavy atom. The summed E-state index contributed by atoms with van der Waals surface area (Å²) in [6.07, 6.45) is 2.51. The number of carbonyl (C=O) groups is 1. The van der Waals surface area contributed by atoms with Crippen molar-refractivity contribution in [1.29, 1.82) is 0 Å². The van der Waals surface area contributed by atoms with Gasteiger partial charge in [0, 0.05) is 22.6 Å². The minimum atomic E-state index is -0.0254. The van der Waals surface area contributed by atoms with E-state index in [9.17, 15) is 4.79 Å². The number of anilines is 1. The minimum Gasteiger partial charge on any atom is -0.310 e. The molecule has 1 aliphatic rings. The van der Waals surface area contributed by atoms with Gasteiger partial charge in [0.1, 0.15) is 17.8 Å². The molecule has 26 heavy (non-hydrogen) atoms. The maximum absolute atomic E-state index is 13.0. The van der Waals surface area contributed by atoms with Gasteiger partial charge < -0.3 is 4.57 Å². The molecule has 0 bridgehead atoms. The van der Waals surface area contributed by atoms with E-state index in [1.807, 2.05) is 41.0 Å². The van der Waals surface area contributed by atoms with Crippen LogP contribution in [0.4, 0.5) is 5.82 Å². The monoisotopic (exact) mass is 411 g/mol. The predicted molar refractivity (Wildman–Crippen MR) is 103 cm³/mol. The molecule has 0 fully saturated rings. The molecule has 0 saturated carbocycles. The molecule has 6 nitrogen and oxygen atoms in total. The number of hydrogen-bond acceptors (Lipinski definition) is 4. The van der Waals surface area contributed by atoms with Crippen molar-refractivity contribution < 1.29 is 4.79 Å². The third kappa shape index (κ3) is 2.92. The van der Waals surface area contributed by atoms with E-state index < -0.39 is 0 Å². The van der Waals surface area contributed by atoms with Crippen molar-refractivity contribution in [3.8, 4) is 11.5 Å². The molecule has 2 aromatic heterocycles. The molecular weight excluding hydrogens is 394 g/mol. The number of hydrogen-bond donors (Lipinski definition) is 0. The van der Waals surface area contributed by atoms with E-state index in [0.29, 0.717) is 23.9 Å². The van der Waals surface area contributed by atoms with Crippen LogP contribution in [0, 0.1) is 0 Å². The Hall–Kier alpha value is -2.54. The fourth-order valence-corrected chi connectivity index (χ4v) is 3.53. The summed E-state index contributed by atoms with van der Waals surface area (Å²) in [6.45, 7) is 4.75. The molecule has 0 spiro atoms. The number of aromatic nitrogens is 4. The van der Waals surface area contributed by atoms with E-state index in [1.54, 1.807) is 11.2 Å². The minimum absolute atomic E-state index is 0.0254. The molecule has 4 rings (SSSR count). The third-order valence-electron chi connectivity index (χ3n) is 4.52. The Kier molecular flexibility index (Phi) is 4.32. The zero-order valence-electron chi connectivity index (χ0n) is 14.6. The van der Waals surface area contributed by atoms with Crippen molar-refractivity contribution >= 4 is 27.7 Å².